The fourth-order valence-corrected chi connectivity index (χ4v) is 3.07. The highest BCUT2D eigenvalue weighted by Gasteiger charge is 2.05. The van der Waals surface area contributed by atoms with Crippen LogP contribution in [0.15, 0.2) is 54.9 Å². The maximum absolute atomic E-state index is 2.28. The molecule has 2 rings (SSSR count). The van der Waals surface area contributed by atoms with Crippen molar-refractivity contribution in [1.82, 2.24) is 0 Å². The van der Waals surface area contributed by atoms with Crippen LogP contribution >= 0.6 is 0 Å². The summed E-state index contributed by atoms with van der Waals surface area (Å²) < 4.78 is 2.23. The topological polar surface area (TPSA) is 3.88 Å². The molecule has 2 aromatic rings. The first-order valence-electron chi connectivity index (χ1n) is 9.46. The minimum Gasteiger partial charge on any atom is -0.167 e. The molecule has 0 amide bonds. The number of rotatable bonds is 11. The third kappa shape index (κ3) is 6.99. The molecule has 0 unspecified atom stereocenters. The standard InChI is InChI=1S/C22H32N/c1-2-3-4-5-6-7-8-9-11-15-21-16-14-19-23(20-21)22-17-12-10-13-18-22/h10,12-14,16-20H,2-9,11,15H2,1H3/q+1. The van der Waals surface area contributed by atoms with Crippen molar-refractivity contribution >= 4 is 0 Å². The second kappa shape index (κ2) is 11.0. The van der Waals surface area contributed by atoms with Crippen LogP contribution < -0.4 is 4.57 Å². The van der Waals surface area contributed by atoms with Crippen molar-refractivity contribution in [2.75, 3.05) is 0 Å². The Balaban J connectivity index is 1.65. The number of unbranched alkanes of at least 4 members (excludes halogenated alkanes) is 8. The summed E-state index contributed by atoms with van der Waals surface area (Å²) in [4.78, 5) is 0. The number of aromatic nitrogens is 1. The Bertz CT molecular complexity index is 533. The zero-order chi connectivity index (χ0) is 16.2. The van der Waals surface area contributed by atoms with Crippen molar-refractivity contribution in [1.29, 1.82) is 0 Å². The zero-order valence-electron chi connectivity index (χ0n) is 14.7. The van der Waals surface area contributed by atoms with E-state index in [1.807, 2.05) is 0 Å². The van der Waals surface area contributed by atoms with Crippen LogP contribution in [0.5, 0.6) is 0 Å². The molecule has 0 saturated carbocycles. The van der Waals surface area contributed by atoms with E-state index >= 15 is 0 Å². The second-order valence-electron chi connectivity index (χ2n) is 6.53. The molecule has 23 heavy (non-hydrogen) atoms. The van der Waals surface area contributed by atoms with Crippen LogP contribution in [-0.4, -0.2) is 0 Å². The van der Waals surface area contributed by atoms with Crippen LogP contribution in [-0.2, 0) is 6.42 Å². The van der Waals surface area contributed by atoms with Gasteiger partial charge in [0.15, 0.2) is 12.4 Å². The quantitative estimate of drug-likeness (QED) is 0.352. The number of benzene rings is 1. The maximum Gasteiger partial charge on any atom is 0.210 e. The Morgan fingerprint density at radius 2 is 1.35 bits per heavy atom. The van der Waals surface area contributed by atoms with Crippen LogP contribution in [0.4, 0.5) is 0 Å². The number of pyridine rings is 1. The number of aryl methyl sites for hydroxylation is 1. The lowest BCUT2D eigenvalue weighted by Crippen LogP contribution is -2.29. The number of hydrogen-bond donors (Lipinski definition) is 0. The van der Waals surface area contributed by atoms with Crippen molar-refractivity contribution in [3.63, 3.8) is 0 Å². The van der Waals surface area contributed by atoms with Crippen LogP contribution in [0.25, 0.3) is 5.69 Å². The maximum atomic E-state index is 2.28. The molecule has 0 aliphatic carbocycles. The molecule has 0 atom stereocenters. The van der Waals surface area contributed by atoms with E-state index in [-0.39, 0.29) is 0 Å². The number of hydrogen-bond acceptors (Lipinski definition) is 0. The first kappa shape index (κ1) is 17.7. The van der Waals surface area contributed by atoms with Gasteiger partial charge in [-0.2, -0.15) is 4.57 Å². The molecule has 0 aliphatic heterocycles. The summed E-state index contributed by atoms with van der Waals surface area (Å²) in [7, 11) is 0. The fraction of sp³-hybridized carbons (Fsp3) is 0.500. The molecule has 0 saturated heterocycles. The van der Waals surface area contributed by atoms with Gasteiger partial charge in [-0.15, -0.1) is 0 Å². The van der Waals surface area contributed by atoms with Gasteiger partial charge in [-0.25, -0.2) is 0 Å². The highest BCUT2D eigenvalue weighted by atomic mass is 14.9. The molecule has 1 heterocycles. The molecule has 124 valence electrons. The zero-order valence-corrected chi connectivity index (χ0v) is 14.7. The molecule has 1 aromatic carbocycles. The Labute approximate surface area is 142 Å². The minimum absolute atomic E-state index is 1.20. The van der Waals surface area contributed by atoms with E-state index in [2.05, 4.69) is 66.3 Å². The third-order valence-electron chi connectivity index (χ3n) is 4.49. The van der Waals surface area contributed by atoms with Gasteiger partial charge in [-0.05, 0) is 18.9 Å². The van der Waals surface area contributed by atoms with Crippen molar-refractivity contribution in [3.8, 4) is 5.69 Å². The summed E-state index contributed by atoms with van der Waals surface area (Å²) in [5.41, 5.74) is 2.68. The van der Waals surface area contributed by atoms with E-state index in [0.29, 0.717) is 0 Å². The molecule has 0 radical (unpaired) electrons. The smallest absolute Gasteiger partial charge is 0.167 e. The normalized spacial score (nSPS) is 10.8. The van der Waals surface area contributed by atoms with Gasteiger partial charge in [-0.3, -0.25) is 0 Å². The van der Waals surface area contributed by atoms with Gasteiger partial charge in [0, 0.05) is 23.8 Å². The van der Waals surface area contributed by atoms with E-state index in [4.69, 9.17) is 0 Å². The van der Waals surface area contributed by atoms with Gasteiger partial charge >= 0.3 is 0 Å². The number of nitrogens with zero attached hydrogens (tertiary/aromatic N) is 1. The van der Waals surface area contributed by atoms with Gasteiger partial charge in [0.05, 0.1) is 0 Å². The first-order chi connectivity index (χ1) is 11.4. The predicted octanol–water partition coefficient (Wildman–Crippen LogP) is 6.04. The lowest BCUT2D eigenvalue weighted by Gasteiger charge is -2.03. The molecular weight excluding hydrogens is 278 g/mol. The highest BCUT2D eigenvalue weighted by molar-refractivity contribution is 5.22. The third-order valence-corrected chi connectivity index (χ3v) is 4.49. The van der Waals surface area contributed by atoms with Crippen molar-refractivity contribution in [2.45, 2.75) is 71.1 Å². The monoisotopic (exact) mass is 310 g/mol. The Hall–Kier alpha value is -1.63. The van der Waals surface area contributed by atoms with Gasteiger partial charge in [0.2, 0.25) is 5.69 Å². The molecule has 1 nitrogen and oxygen atoms in total. The van der Waals surface area contributed by atoms with Crippen LogP contribution in [0.3, 0.4) is 0 Å². The highest BCUT2D eigenvalue weighted by Crippen LogP contribution is 2.11. The van der Waals surface area contributed by atoms with E-state index in [1.165, 1.54) is 75.5 Å². The summed E-state index contributed by atoms with van der Waals surface area (Å²) in [6.07, 6.45) is 18.2. The van der Waals surface area contributed by atoms with Gasteiger partial charge in [0.25, 0.3) is 0 Å². The number of para-hydroxylation sites is 1. The molecule has 0 N–H and O–H groups in total. The molecular formula is C22H32N+. The van der Waals surface area contributed by atoms with Crippen molar-refractivity contribution < 1.29 is 4.57 Å². The summed E-state index contributed by atoms with van der Waals surface area (Å²) in [6, 6.07) is 15.0. The summed E-state index contributed by atoms with van der Waals surface area (Å²) in [5, 5.41) is 0. The molecule has 1 aromatic heterocycles. The average Bonchev–Trinajstić information content (AvgIpc) is 2.61. The molecule has 0 fully saturated rings. The minimum atomic E-state index is 1.20. The fourth-order valence-electron chi connectivity index (χ4n) is 3.07. The van der Waals surface area contributed by atoms with Crippen molar-refractivity contribution in [2.24, 2.45) is 0 Å². The first-order valence-corrected chi connectivity index (χ1v) is 9.46. The summed E-state index contributed by atoms with van der Waals surface area (Å²) in [5.74, 6) is 0. The van der Waals surface area contributed by atoms with Crippen LogP contribution in [0.1, 0.15) is 70.3 Å². The van der Waals surface area contributed by atoms with E-state index in [0.717, 1.165) is 0 Å². The summed E-state index contributed by atoms with van der Waals surface area (Å²) >= 11 is 0. The Morgan fingerprint density at radius 3 is 2.04 bits per heavy atom. The largest absolute Gasteiger partial charge is 0.210 e. The van der Waals surface area contributed by atoms with E-state index in [1.54, 1.807) is 0 Å². The molecule has 0 aliphatic rings. The van der Waals surface area contributed by atoms with Gasteiger partial charge < -0.3 is 0 Å². The van der Waals surface area contributed by atoms with Gasteiger partial charge in [0.1, 0.15) is 0 Å². The molecule has 0 bridgehead atoms. The lowest BCUT2D eigenvalue weighted by molar-refractivity contribution is -0.596. The van der Waals surface area contributed by atoms with E-state index < -0.39 is 0 Å². The van der Waals surface area contributed by atoms with E-state index in [9.17, 15) is 0 Å². The molecule has 0 spiro atoms. The van der Waals surface area contributed by atoms with Crippen molar-refractivity contribution in [3.05, 3.63) is 60.4 Å². The predicted molar refractivity (Wildman–Crippen MR) is 98.9 cm³/mol. The average molecular weight is 311 g/mol. The van der Waals surface area contributed by atoms with Crippen LogP contribution in [0.2, 0.25) is 0 Å². The van der Waals surface area contributed by atoms with Crippen LogP contribution in [0, 0.1) is 0 Å². The van der Waals surface area contributed by atoms with Gasteiger partial charge in [-0.1, -0.05) is 76.5 Å². The Kier molecular flexibility index (Phi) is 8.47. The lowest BCUT2D eigenvalue weighted by atomic mass is 10.0. The SMILES string of the molecule is CCCCCCCCCCCc1ccc[n+](-c2ccccc2)c1. The second-order valence-corrected chi connectivity index (χ2v) is 6.53. The summed E-state index contributed by atoms with van der Waals surface area (Å²) in [6.45, 7) is 2.28. The Morgan fingerprint density at radius 1 is 0.696 bits per heavy atom. The molecule has 1 heteroatoms.